The van der Waals surface area contributed by atoms with Gasteiger partial charge in [-0.15, -0.1) is 0 Å². The zero-order valence-electron chi connectivity index (χ0n) is 20.1. The molecule has 0 aliphatic carbocycles. The first kappa shape index (κ1) is 25.4. The van der Waals surface area contributed by atoms with Gasteiger partial charge < -0.3 is 9.15 Å². The number of hydrogen-bond acceptors (Lipinski definition) is 5. The number of furan rings is 1. The molecular weight excluding hydrogens is 601 g/mol. The maximum Gasteiger partial charge on any atom is 0.282 e. The normalized spacial score (nSPS) is 11.6. The SMILES string of the molecule is O=c1c2ccccc2nc(-c2cc3cc(Br)ccc3o2)n1N=Cc1cccc(OCc2ccc(Cl)c(Cl)c2)c1. The molecular formula is C30H18BrCl2N3O3. The van der Waals surface area contributed by atoms with E-state index in [2.05, 4.69) is 21.0 Å². The molecule has 0 fully saturated rings. The van der Waals surface area contributed by atoms with Gasteiger partial charge in [-0.05, 0) is 71.8 Å². The number of para-hydroxylation sites is 1. The molecule has 6 nitrogen and oxygen atoms in total. The summed E-state index contributed by atoms with van der Waals surface area (Å²) in [5, 5.41) is 6.83. The van der Waals surface area contributed by atoms with Crippen LogP contribution in [0.1, 0.15) is 11.1 Å². The number of aromatic nitrogens is 2. The largest absolute Gasteiger partial charge is 0.489 e. The molecule has 0 N–H and O–H groups in total. The highest BCUT2D eigenvalue weighted by Gasteiger charge is 2.16. The molecule has 0 bridgehead atoms. The van der Waals surface area contributed by atoms with Crippen molar-refractivity contribution in [3.8, 4) is 17.3 Å². The van der Waals surface area contributed by atoms with Gasteiger partial charge in [0, 0.05) is 9.86 Å². The lowest BCUT2D eigenvalue weighted by Gasteiger charge is -2.09. The fraction of sp³-hybridized carbons (Fsp3) is 0.0333. The van der Waals surface area contributed by atoms with Crippen LogP contribution in [0.2, 0.25) is 10.0 Å². The summed E-state index contributed by atoms with van der Waals surface area (Å²) >= 11 is 15.6. The van der Waals surface area contributed by atoms with E-state index in [1.54, 1.807) is 36.5 Å². The van der Waals surface area contributed by atoms with E-state index in [1.165, 1.54) is 4.68 Å². The maximum absolute atomic E-state index is 13.5. The van der Waals surface area contributed by atoms with E-state index in [1.807, 2.05) is 60.7 Å². The Morgan fingerprint density at radius 3 is 2.69 bits per heavy atom. The number of benzene rings is 4. The van der Waals surface area contributed by atoms with Crippen molar-refractivity contribution in [3.05, 3.63) is 127 Å². The second-order valence-electron chi connectivity index (χ2n) is 8.72. The predicted octanol–water partition coefficient (Wildman–Crippen LogP) is 8.34. The van der Waals surface area contributed by atoms with Crippen LogP contribution < -0.4 is 10.3 Å². The molecule has 2 heterocycles. The first-order valence-electron chi connectivity index (χ1n) is 11.9. The van der Waals surface area contributed by atoms with Gasteiger partial charge in [-0.1, -0.05) is 69.5 Å². The number of halogens is 3. The molecule has 6 rings (SSSR count). The van der Waals surface area contributed by atoms with Gasteiger partial charge in [-0.3, -0.25) is 4.79 Å². The third-order valence-corrected chi connectivity index (χ3v) is 7.25. The number of rotatable bonds is 6. The Hall–Kier alpha value is -3.91. The average molecular weight is 619 g/mol. The summed E-state index contributed by atoms with van der Waals surface area (Å²) in [5.41, 5.74) is 2.56. The molecule has 0 saturated heterocycles. The molecule has 0 saturated carbocycles. The quantitative estimate of drug-likeness (QED) is 0.176. The van der Waals surface area contributed by atoms with Gasteiger partial charge in [0.25, 0.3) is 5.56 Å². The lowest BCUT2D eigenvalue weighted by atomic mass is 10.2. The second kappa shape index (κ2) is 10.7. The summed E-state index contributed by atoms with van der Waals surface area (Å²) < 4.78 is 14.2. The summed E-state index contributed by atoms with van der Waals surface area (Å²) in [6.45, 7) is 0.317. The fourth-order valence-electron chi connectivity index (χ4n) is 4.12. The van der Waals surface area contributed by atoms with Gasteiger partial charge in [0.15, 0.2) is 5.76 Å². The standard InChI is InChI=1S/C30H18BrCl2N3O3/c31-21-9-11-27-20(14-21)15-28(39-27)29-35-26-7-2-1-6-23(26)30(37)36(29)34-16-18-4-3-5-22(12-18)38-17-19-8-10-24(32)25(33)13-19/h1-16H,17H2. The molecule has 39 heavy (non-hydrogen) atoms. The Bertz CT molecular complexity index is 1950. The van der Waals surface area contributed by atoms with Crippen LogP contribution in [0.5, 0.6) is 5.75 Å². The molecule has 0 aliphatic heterocycles. The van der Waals surface area contributed by atoms with E-state index in [9.17, 15) is 4.79 Å². The Balaban J connectivity index is 1.36. The fourth-order valence-corrected chi connectivity index (χ4v) is 4.82. The molecule has 0 spiro atoms. The topological polar surface area (TPSA) is 69.6 Å². The Morgan fingerprint density at radius 2 is 1.82 bits per heavy atom. The first-order valence-corrected chi connectivity index (χ1v) is 13.4. The lowest BCUT2D eigenvalue weighted by molar-refractivity contribution is 0.306. The zero-order chi connectivity index (χ0) is 26.9. The van der Waals surface area contributed by atoms with Crippen molar-refractivity contribution in [1.82, 2.24) is 9.66 Å². The highest BCUT2D eigenvalue weighted by molar-refractivity contribution is 9.10. The first-order chi connectivity index (χ1) is 18.9. The zero-order valence-corrected chi connectivity index (χ0v) is 23.2. The molecule has 9 heteroatoms. The van der Waals surface area contributed by atoms with Crippen LogP contribution in [0, 0.1) is 0 Å². The van der Waals surface area contributed by atoms with Crippen LogP contribution in [0.3, 0.4) is 0 Å². The maximum atomic E-state index is 13.5. The van der Waals surface area contributed by atoms with Crippen molar-refractivity contribution in [2.75, 3.05) is 0 Å². The van der Waals surface area contributed by atoms with Crippen LogP contribution in [-0.4, -0.2) is 15.9 Å². The van der Waals surface area contributed by atoms with Gasteiger partial charge in [0.2, 0.25) is 5.82 Å². The summed E-state index contributed by atoms with van der Waals surface area (Å²) in [6, 6.07) is 27.5. The summed E-state index contributed by atoms with van der Waals surface area (Å²) in [5.74, 6) is 1.37. The molecule has 0 unspecified atom stereocenters. The van der Waals surface area contributed by atoms with Gasteiger partial charge in [0.05, 0.1) is 27.2 Å². The van der Waals surface area contributed by atoms with Crippen LogP contribution in [0.25, 0.3) is 33.5 Å². The molecule has 0 aliphatic rings. The van der Waals surface area contributed by atoms with E-state index in [4.69, 9.17) is 37.3 Å². The van der Waals surface area contributed by atoms with E-state index in [-0.39, 0.29) is 5.56 Å². The van der Waals surface area contributed by atoms with Gasteiger partial charge in [-0.2, -0.15) is 9.78 Å². The molecule has 2 aromatic heterocycles. The highest BCUT2D eigenvalue weighted by Crippen LogP contribution is 2.29. The van der Waals surface area contributed by atoms with Gasteiger partial charge in [0.1, 0.15) is 17.9 Å². The molecule has 192 valence electrons. The van der Waals surface area contributed by atoms with E-state index < -0.39 is 0 Å². The minimum absolute atomic E-state index is 0.300. The predicted molar refractivity (Wildman–Crippen MR) is 159 cm³/mol. The highest BCUT2D eigenvalue weighted by atomic mass is 79.9. The van der Waals surface area contributed by atoms with Crippen LogP contribution in [-0.2, 0) is 6.61 Å². The monoisotopic (exact) mass is 617 g/mol. The molecule has 0 atom stereocenters. The van der Waals surface area contributed by atoms with E-state index in [0.717, 1.165) is 21.0 Å². The average Bonchev–Trinajstić information content (AvgIpc) is 3.36. The number of ether oxygens (including phenoxy) is 1. The summed E-state index contributed by atoms with van der Waals surface area (Å²) in [4.78, 5) is 18.2. The Morgan fingerprint density at radius 1 is 0.949 bits per heavy atom. The third-order valence-electron chi connectivity index (χ3n) is 6.02. The van der Waals surface area contributed by atoms with Crippen molar-refractivity contribution < 1.29 is 9.15 Å². The van der Waals surface area contributed by atoms with Crippen molar-refractivity contribution in [2.24, 2.45) is 5.10 Å². The minimum Gasteiger partial charge on any atom is -0.489 e. The van der Waals surface area contributed by atoms with Crippen molar-refractivity contribution >= 4 is 67.2 Å². The lowest BCUT2D eigenvalue weighted by Crippen LogP contribution is -2.20. The second-order valence-corrected chi connectivity index (χ2v) is 10.4. The Labute approximate surface area is 241 Å². The molecule has 0 amide bonds. The van der Waals surface area contributed by atoms with Crippen molar-refractivity contribution in [2.45, 2.75) is 6.61 Å². The number of hydrogen-bond donors (Lipinski definition) is 0. The van der Waals surface area contributed by atoms with Crippen LogP contribution in [0.4, 0.5) is 0 Å². The van der Waals surface area contributed by atoms with Crippen LogP contribution >= 0.6 is 39.1 Å². The van der Waals surface area contributed by atoms with Gasteiger partial charge >= 0.3 is 0 Å². The van der Waals surface area contributed by atoms with Gasteiger partial charge in [-0.25, -0.2) is 4.98 Å². The smallest absolute Gasteiger partial charge is 0.282 e. The Kier molecular flexibility index (Phi) is 6.95. The molecule has 0 radical (unpaired) electrons. The number of nitrogens with zero attached hydrogens (tertiary/aromatic N) is 3. The molecule has 6 aromatic rings. The minimum atomic E-state index is -0.305. The third kappa shape index (κ3) is 5.34. The van der Waals surface area contributed by atoms with Crippen LogP contribution in [0.15, 0.2) is 110 Å². The van der Waals surface area contributed by atoms with Crippen molar-refractivity contribution in [3.63, 3.8) is 0 Å². The van der Waals surface area contributed by atoms with Crippen molar-refractivity contribution in [1.29, 1.82) is 0 Å². The summed E-state index contributed by atoms with van der Waals surface area (Å²) in [6.07, 6.45) is 1.59. The number of fused-ring (bicyclic) bond motifs is 2. The molecule has 4 aromatic carbocycles. The van der Waals surface area contributed by atoms with E-state index >= 15 is 0 Å². The van der Waals surface area contributed by atoms with E-state index in [0.29, 0.717) is 50.5 Å². The summed E-state index contributed by atoms with van der Waals surface area (Å²) in [7, 11) is 0.